The molecule has 0 radical (unpaired) electrons. The van der Waals surface area contributed by atoms with Gasteiger partial charge in [-0.3, -0.25) is 0 Å². The van der Waals surface area contributed by atoms with E-state index in [9.17, 15) is 13.2 Å². The van der Waals surface area contributed by atoms with Crippen molar-refractivity contribution in [1.29, 1.82) is 0 Å². The Morgan fingerprint density at radius 2 is 2.09 bits per heavy atom. The number of thiocarbonyl (C=S) groups is 1. The third-order valence-corrected chi connectivity index (χ3v) is 1.29. The molecule has 0 fully saturated rings. The normalized spacial score (nSPS) is 14.1. The average molecular weight is 183 g/mol. The van der Waals surface area contributed by atoms with Gasteiger partial charge in [-0.1, -0.05) is 18.3 Å². The van der Waals surface area contributed by atoms with Gasteiger partial charge in [-0.15, -0.1) is 6.58 Å². The van der Waals surface area contributed by atoms with Crippen molar-refractivity contribution in [2.45, 2.75) is 12.6 Å². The van der Waals surface area contributed by atoms with Gasteiger partial charge in [0.1, 0.15) is 0 Å². The summed E-state index contributed by atoms with van der Waals surface area (Å²) in [7, 11) is 0. The van der Waals surface area contributed by atoms with Crippen LogP contribution in [0.2, 0.25) is 0 Å². The second-order valence-electron chi connectivity index (χ2n) is 2.05. The second kappa shape index (κ2) is 3.71. The Balaban J connectivity index is 4.18. The van der Waals surface area contributed by atoms with Crippen LogP contribution < -0.4 is 5.73 Å². The molecule has 0 amide bonds. The molecule has 1 atom stereocenters. The summed E-state index contributed by atoms with van der Waals surface area (Å²) >= 11 is 4.34. The third-order valence-electron chi connectivity index (χ3n) is 1.13. The van der Waals surface area contributed by atoms with Crippen LogP contribution in [-0.2, 0) is 0 Å². The molecule has 5 heteroatoms. The molecule has 0 aromatic rings. The minimum Gasteiger partial charge on any atom is -0.393 e. The van der Waals surface area contributed by atoms with E-state index in [1.54, 1.807) is 0 Å². The van der Waals surface area contributed by atoms with Gasteiger partial charge in [0, 0.05) is 6.42 Å². The third kappa shape index (κ3) is 3.98. The second-order valence-corrected chi connectivity index (χ2v) is 2.58. The highest BCUT2D eigenvalue weighted by Crippen LogP contribution is 2.29. The molecule has 0 saturated heterocycles. The summed E-state index contributed by atoms with van der Waals surface area (Å²) in [6.45, 7) is 3.05. The van der Waals surface area contributed by atoms with Gasteiger partial charge in [0.25, 0.3) is 0 Å². The van der Waals surface area contributed by atoms with Crippen molar-refractivity contribution in [1.82, 2.24) is 0 Å². The van der Waals surface area contributed by atoms with Crippen LogP contribution in [0.4, 0.5) is 13.2 Å². The van der Waals surface area contributed by atoms with Crippen molar-refractivity contribution in [3.63, 3.8) is 0 Å². The van der Waals surface area contributed by atoms with Crippen LogP contribution >= 0.6 is 12.2 Å². The SMILES string of the molecule is C=CC(CC(N)=S)C(F)(F)F. The van der Waals surface area contributed by atoms with Crippen LogP contribution in [0.5, 0.6) is 0 Å². The van der Waals surface area contributed by atoms with E-state index in [1.807, 2.05) is 0 Å². The van der Waals surface area contributed by atoms with Gasteiger partial charge in [-0.25, -0.2) is 0 Å². The summed E-state index contributed by atoms with van der Waals surface area (Å²) in [6, 6.07) is 0. The van der Waals surface area contributed by atoms with Gasteiger partial charge in [0.15, 0.2) is 0 Å². The molecule has 64 valence electrons. The van der Waals surface area contributed by atoms with Crippen LogP contribution in [0.15, 0.2) is 12.7 Å². The lowest BCUT2D eigenvalue weighted by molar-refractivity contribution is -0.159. The highest BCUT2D eigenvalue weighted by atomic mass is 32.1. The van der Waals surface area contributed by atoms with Crippen molar-refractivity contribution >= 4 is 17.2 Å². The Labute approximate surface area is 68.1 Å². The summed E-state index contributed by atoms with van der Waals surface area (Å²) in [5, 5.41) is 0. The van der Waals surface area contributed by atoms with Crippen molar-refractivity contribution in [2.24, 2.45) is 11.7 Å². The molecule has 0 rings (SSSR count). The lowest BCUT2D eigenvalue weighted by atomic mass is 10.1. The van der Waals surface area contributed by atoms with Gasteiger partial charge in [-0.05, 0) is 0 Å². The first-order chi connectivity index (χ1) is 4.88. The summed E-state index contributed by atoms with van der Waals surface area (Å²) in [4.78, 5) is -0.146. The monoisotopic (exact) mass is 183 g/mol. The molecule has 1 unspecified atom stereocenters. The summed E-state index contributed by atoms with van der Waals surface area (Å²) < 4.78 is 35.7. The molecule has 0 aliphatic rings. The molecule has 0 heterocycles. The minimum absolute atomic E-state index is 0.146. The van der Waals surface area contributed by atoms with E-state index in [-0.39, 0.29) is 11.4 Å². The van der Waals surface area contributed by atoms with E-state index in [1.165, 1.54) is 0 Å². The Morgan fingerprint density at radius 1 is 1.64 bits per heavy atom. The smallest absolute Gasteiger partial charge is 0.393 e. The van der Waals surface area contributed by atoms with Gasteiger partial charge in [0.2, 0.25) is 0 Å². The Morgan fingerprint density at radius 3 is 2.18 bits per heavy atom. The average Bonchev–Trinajstić information content (AvgIpc) is 1.79. The first-order valence-electron chi connectivity index (χ1n) is 2.85. The Kier molecular flexibility index (Phi) is 3.51. The number of hydrogen-bond donors (Lipinski definition) is 1. The van der Waals surface area contributed by atoms with Gasteiger partial charge < -0.3 is 5.73 Å². The van der Waals surface area contributed by atoms with Crippen molar-refractivity contribution in [3.8, 4) is 0 Å². The quantitative estimate of drug-likeness (QED) is 0.535. The van der Waals surface area contributed by atoms with E-state index >= 15 is 0 Å². The molecular weight excluding hydrogens is 175 g/mol. The molecule has 0 aromatic heterocycles. The van der Waals surface area contributed by atoms with Gasteiger partial charge >= 0.3 is 6.18 Å². The first kappa shape index (κ1) is 10.4. The fraction of sp³-hybridized carbons (Fsp3) is 0.500. The van der Waals surface area contributed by atoms with E-state index in [4.69, 9.17) is 5.73 Å². The summed E-state index contributed by atoms with van der Waals surface area (Å²) in [5.74, 6) is -1.61. The molecule has 0 spiro atoms. The topological polar surface area (TPSA) is 26.0 Å². The highest BCUT2D eigenvalue weighted by molar-refractivity contribution is 7.80. The van der Waals surface area contributed by atoms with E-state index in [0.717, 1.165) is 6.08 Å². The summed E-state index contributed by atoms with van der Waals surface area (Å²) in [6.07, 6.45) is -3.84. The molecule has 2 N–H and O–H groups in total. The zero-order valence-corrected chi connectivity index (χ0v) is 6.50. The Bertz CT molecular complexity index is 164. The predicted octanol–water partition coefficient (Wildman–Crippen LogP) is 2.03. The first-order valence-corrected chi connectivity index (χ1v) is 3.26. The number of hydrogen-bond acceptors (Lipinski definition) is 1. The maximum Gasteiger partial charge on any atom is 0.395 e. The van der Waals surface area contributed by atoms with Gasteiger partial charge in [-0.2, -0.15) is 13.2 Å². The van der Waals surface area contributed by atoms with Crippen LogP contribution in [0.3, 0.4) is 0 Å². The van der Waals surface area contributed by atoms with Crippen molar-refractivity contribution in [2.75, 3.05) is 0 Å². The molecule has 1 nitrogen and oxygen atoms in total. The largest absolute Gasteiger partial charge is 0.395 e. The van der Waals surface area contributed by atoms with Crippen LogP contribution in [0, 0.1) is 5.92 Å². The lowest BCUT2D eigenvalue weighted by Gasteiger charge is -2.14. The molecule has 0 aliphatic heterocycles. The molecule has 0 saturated carbocycles. The molecule has 0 aliphatic carbocycles. The predicted molar refractivity (Wildman–Crippen MR) is 41.1 cm³/mol. The fourth-order valence-electron chi connectivity index (χ4n) is 0.549. The fourth-order valence-corrected chi connectivity index (χ4v) is 0.729. The maximum atomic E-state index is 11.9. The maximum absolute atomic E-state index is 11.9. The number of halogens is 3. The molecule has 11 heavy (non-hydrogen) atoms. The Hall–Kier alpha value is -0.580. The molecular formula is C6H8F3NS. The number of nitrogens with two attached hydrogens (primary N) is 1. The van der Waals surface area contributed by atoms with Crippen LogP contribution in [0.25, 0.3) is 0 Å². The van der Waals surface area contributed by atoms with Crippen molar-refractivity contribution < 1.29 is 13.2 Å². The number of rotatable bonds is 3. The highest BCUT2D eigenvalue weighted by Gasteiger charge is 2.37. The standard InChI is InChI=1S/C6H8F3NS/c1-2-4(3-5(10)11)6(7,8)9/h2,4H,1,3H2,(H2,10,11). The molecule has 0 bridgehead atoms. The lowest BCUT2D eigenvalue weighted by Crippen LogP contribution is -2.25. The molecule has 0 aromatic carbocycles. The van der Waals surface area contributed by atoms with Gasteiger partial charge in [0.05, 0.1) is 10.9 Å². The summed E-state index contributed by atoms with van der Waals surface area (Å²) in [5.41, 5.74) is 4.95. The zero-order chi connectivity index (χ0) is 9.07. The zero-order valence-electron chi connectivity index (χ0n) is 5.69. The van der Waals surface area contributed by atoms with Crippen LogP contribution in [-0.4, -0.2) is 11.2 Å². The van der Waals surface area contributed by atoms with Crippen molar-refractivity contribution in [3.05, 3.63) is 12.7 Å². The van der Waals surface area contributed by atoms with E-state index in [0.29, 0.717) is 0 Å². The van der Waals surface area contributed by atoms with E-state index in [2.05, 4.69) is 18.8 Å². The number of alkyl halides is 3. The number of allylic oxidation sites excluding steroid dienone is 1. The van der Waals surface area contributed by atoms with E-state index < -0.39 is 12.1 Å². The minimum atomic E-state index is -4.29. The van der Waals surface area contributed by atoms with Crippen LogP contribution in [0.1, 0.15) is 6.42 Å².